The van der Waals surface area contributed by atoms with E-state index in [1.165, 1.54) is 6.07 Å². The highest BCUT2D eigenvalue weighted by Crippen LogP contribution is 2.31. The number of hydrogen-bond acceptors (Lipinski definition) is 3. The molecule has 0 radical (unpaired) electrons. The van der Waals surface area contributed by atoms with Gasteiger partial charge in [0.1, 0.15) is 0 Å². The summed E-state index contributed by atoms with van der Waals surface area (Å²) in [4.78, 5) is 21.5. The number of halogens is 2. The minimum Gasteiger partial charge on any atom is -0.465 e. The molecule has 6 nitrogen and oxygen atoms in total. The highest BCUT2D eigenvalue weighted by Gasteiger charge is 2.15. The van der Waals surface area contributed by atoms with E-state index in [0.717, 1.165) is 0 Å². The summed E-state index contributed by atoms with van der Waals surface area (Å²) in [7, 11) is 0. The van der Waals surface area contributed by atoms with Crippen molar-refractivity contribution in [3.63, 3.8) is 0 Å². The van der Waals surface area contributed by atoms with Gasteiger partial charge >= 0.3 is 6.09 Å². The molecule has 0 aromatic heterocycles. The molecule has 1 aromatic rings. The lowest BCUT2D eigenvalue weighted by atomic mass is 10.1. The van der Waals surface area contributed by atoms with Crippen molar-refractivity contribution in [1.29, 1.82) is 0 Å². The molecule has 1 aromatic carbocycles. The van der Waals surface area contributed by atoms with Crippen LogP contribution in [0.4, 0.5) is 10.5 Å². The predicted octanol–water partition coefficient (Wildman–Crippen LogP) is 1.77. The fourth-order valence-electron chi connectivity index (χ4n) is 1.31. The van der Waals surface area contributed by atoms with Crippen molar-refractivity contribution in [3.05, 3.63) is 27.7 Å². The number of carbonyl (C=O) groups excluding carboxylic acids is 1. The summed E-state index contributed by atoms with van der Waals surface area (Å²) < 4.78 is 0. The molecule has 2 amide bonds. The number of nitrogens with two attached hydrogens (primary N) is 1. The largest absolute Gasteiger partial charge is 0.465 e. The molecule has 0 fully saturated rings. The van der Waals surface area contributed by atoms with Crippen LogP contribution in [0.15, 0.2) is 12.1 Å². The first-order valence-electron chi connectivity index (χ1n) is 4.92. The van der Waals surface area contributed by atoms with Crippen molar-refractivity contribution < 1.29 is 14.7 Å². The number of carboxylic acid groups (broad SMARTS) is 1. The molecule has 0 atom stereocenters. The molecule has 0 unspecified atom stereocenters. The van der Waals surface area contributed by atoms with Crippen molar-refractivity contribution in [2.24, 2.45) is 5.73 Å². The molecule has 0 heterocycles. The monoisotopic (exact) mass is 291 g/mol. The topological polar surface area (TPSA) is 104 Å². The minimum atomic E-state index is -1.12. The molecule has 0 aliphatic heterocycles. The maximum Gasteiger partial charge on any atom is 0.404 e. The summed E-state index contributed by atoms with van der Waals surface area (Å²) in [5, 5.41) is 13.7. The third kappa shape index (κ3) is 3.68. The quantitative estimate of drug-likeness (QED) is 0.621. The smallest absolute Gasteiger partial charge is 0.404 e. The van der Waals surface area contributed by atoms with Crippen LogP contribution in [0.5, 0.6) is 0 Å². The number of nitrogens with one attached hydrogen (secondary N) is 2. The van der Waals surface area contributed by atoms with E-state index in [0.29, 0.717) is 5.69 Å². The van der Waals surface area contributed by atoms with E-state index in [-0.39, 0.29) is 28.7 Å². The van der Waals surface area contributed by atoms with Gasteiger partial charge < -0.3 is 21.5 Å². The van der Waals surface area contributed by atoms with Gasteiger partial charge in [-0.3, -0.25) is 4.79 Å². The molecule has 0 aliphatic rings. The Balaban J connectivity index is 2.79. The van der Waals surface area contributed by atoms with E-state index in [1.807, 2.05) is 0 Å². The second kappa shape index (κ2) is 6.32. The highest BCUT2D eigenvalue weighted by molar-refractivity contribution is 6.44. The number of anilines is 1. The van der Waals surface area contributed by atoms with Crippen LogP contribution in [0.25, 0.3) is 0 Å². The molecular formula is C10H11Cl2N3O3. The number of carbonyl (C=O) groups is 2. The van der Waals surface area contributed by atoms with Gasteiger partial charge in [-0.1, -0.05) is 23.2 Å². The van der Waals surface area contributed by atoms with E-state index < -0.39 is 12.0 Å². The highest BCUT2D eigenvalue weighted by atomic mass is 35.5. The number of rotatable bonds is 5. The van der Waals surface area contributed by atoms with Gasteiger partial charge in [-0.15, -0.1) is 0 Å². The summed E-state index contributed by atoms with van der Waals surface area (Å²) in [6.45, 7) is 0.457. The number of primary amides is 1. The van der Waals surface area contributed by atoms with Gasteiger partial charge in [-0.05, 0) is 12.1 Å². The zero-order valence-corrected chi connectivity index (χ0v) is 10.7. The SMILES string of the molecule is NC(=O)c1c(NCCNC(=O)O)ccc(Cl)c1Cl. The molecule has 1 rings (SSSR count). The van der Waals surface area contributed by atoms with Crippen LogP contribution in [-0.2, 0) is 0 Å². The van der Waals surface area contributed by atoms with Crippen LogP contribution in [0.2, 0.25) is 10.0 Å². The first-order valence-corrected chi connectivity index (χ1v) is 5.67. The summed E-state index contributed by atoms with van der Waals surface area (Å²) in [6, 6.07) is 3.07. The molecule has 0 saturated heterocycles. The van der Waals surface area contributed by atoms with Gasteiger partial charge in [-0.25, -0.2) is 4.79 Å². The Morgan fingerprint density at radius 2 is 1.94 bits per heavy atom. The van der Waals surface area contributed by atoms with Gasteiger partial charge in [0.25, 0.3) is 5.91 Å². The molecule has 0 spiro atoms. The van der Waals surface area contributed by atoms with E-state index in [4.69, 9.17) is 34.0 Å². The van der Waals surface area contributed by atoms with Crippen molar-refractivity contribution in [2.75, 3.05) is 18.4 Å². The second-order valence-electron chi connectivity index (χ2n) is 3.31. The van der Waals surface area contributed by atoms with Crippen LogP contribution < -0.4 is 16.4 Å². The maximum atomic E-state index is 11.3. The minimum absolute atomic E-state index is 0.0698. The van der Waals surface area contributed by atoms with Crippen molar-refractivity contribution in [2.45, 2.75) is 0 Å². The predicted molar refractivity (Wildman–Crippen MR) is 69.5 cm³/mol. The van der Waals surface area contributed by atoms with Crippen molar-refractivity contribution >= 4 is 40.9 Å². The first-order chi connectivity index (χ1) is 8.43. The molecule has 0 aliphatic carbocycles. The number of benzene rings is 1. The first kappa shape index (κ1) is 14.4. The summed E-state index contributed by atoms with van der Waals surface area (Å²) in [5.41, 5.74) is 5.69. The standard InChI is InChI=1S/C10H11Cl2N3O3/c11-5-1-2-6(7(8(5)12)9(13)16)14-3-4-15-10(17)18/h1-2,14-15H,3-4H2,(H2,13,16)(H,17,18). The van der Waals surface area contributed by atoms with E-state index in [1.54, 1.807) is 6.07 Å². The Labute approximate surface area is 113 Å². The fourth-order valence-corrected chi connectivity index (χ4v) is 1.72. The molecule has 98 valence electrons. The Morgan fingerprint density at radius 1 is 1.28 bits per heavy atom. The molecular weight excluding hydrogens is 281 g/mol. The van der Waals surface area contributed by atoms with E-state index in [2.05, 4.69) is 10.6 Å². The second-order valence-corrected chi connectivity index (χ2v) is 4.09. The summed E-state index contributed by atoms with van der Waals surface area (Å²) in [6.07, 6.45) is -1.12. The Kier molecular flexibility index (Phi) is 5.06. The molecule has 0 bridgehead atoms. The van der Waals surface area contributed by atoms with Crippen molar-refractivity contribution in [3.8, 4) is 0 Å². The summed E-state index contributed by atoms with van der Waals surface area (Å²) >= 11 is 11.6. The molecule has 0 saturated carbocycles. The Hall–Kier alpha value is -1.66. The zero-order valence-electron chi connectivity index (χ0n) is 9.17. The van der Waals surface area contributed by atoms with Gasteiger partial charge in [0.05, 0.1) is 15.6 Å². The fraction of sp³-hybridized carbons (Fsp3) is 0.200. The Morgan fingerprint density at radius 3 is 2.50 bits per heavy atom. The molecule has 5 N–H and O–H groups in total. The average molecular weight is 292 g/mol. The van der Waals surface area contributed by atoms with Crippen molar-refractivity contribution in [1.82, 2.24) is 5.32 Å². The van der Waals surface area contributed by atoms with E-state index >= 15 is 0 Å². The number of amides is 2. The molecule has 18 heavy (non-hydrogen) atoms. The van der Waals surface area contributed by atoms with Crippen LogP contribution >= 0.6 is 23.2 Å². The number of hydrogen-bond donors (Lipinski definition) is 4. The third-order valence-electron chi connectivity index (χ3n) is 2.06. The zero-order chi connectivity index (χ0) is 13.7. The van der Waals surface area contributed by atoms with Crippen LogP contribution in [0.3, 0.4) is 0 Å². The lowest BCUT2D eigenvalue weighted by Crippen LogP contribution is -2.27. The van der Waals surface area contributed by atoms with Crippen LogP contribution in [-0.4, -0.2) is 30.2 Å². The van der Waals surface area contributed by atoms with E-state index in [9.17, 15) is 9.59 Å². The lowest BCUT2D eigenvalue weighted by Gasteiger charge is -2.12. The van der Waals surface area contributed by atoms with Gasteiger partial charge in [-0.2, -0.15) is 0 Å². The normalized spacial score (nSPS) is 9.89. The molecule has 8 heteroatoms. The van der Waals surface area contributed by atoms with Crippen LogP contribution in [0.1, 0.15) is 10.4 Å². The Bertz CT molecular complexity index is 480. The average Bonchev–Trinajstić information content (AvgIpc) is 2.28. The van der Waals surface area contributed by atoms with Crippen LogP contribution in [0, 0.1) is 0 Å². The van der Waals surface area contributed by atoms with Gasteiger partial charge in [0, 0.05) is 18.8 Å². The van der Waals surface area contributed by atoms with Gasteiger partial charge in [0.15, 0.2) is 0 Å². The summed E-state index contributed by atoms with van der Waals surface area (Å²) in [5.74, 6) is -0.712. The maximum absolute atomic E-state index is 11.3. The van der Waals surface area contributed by atoms with Gasteiger partial charge in [0.2, 0.25) is 0 Å². The lowest BCUT2D eigenvalue weighted by molar-refractivity contribution is 0.100. The third-order valence-corrected chi connectivity index (χ3v) is 2.86.